The number of carbonyl (C=O) groups is 1. The largest absolute Gasteiger partial charge is 0.478 e. The second kappa shape index (κ2) is 6.27. The monoisotopic (exact) mass is 274 g/mol. The molecular formula is C11H12Cl2N2O2. The van der Waals surface area contributed by atoms with Crippen LogP contribution in [0.3, 0.4) is 0 Å². The van der Waals surface area contributed by atoms with Gasteiger partial charge in [0, 0.05) is 0 Å². The quantitative estimate of drug-likeness (QED) is 0.916. The van der Waals surface area contributed by atoms with Crippen molar-refractivity contribution in [2.45, 2.75) is 6.92 Å². The summed E-state index contributed by atoms with van der Waals surface area (Å²) < 4.78 is 1.61. The fourth-order valence-electron chi connectivity index (χ4n) is 1.45. The number of hydrogen-bond acceptors (Lipinski definition) is 2. The molecule has 0 bridgehead atoms. The SMILES string of the molecule is Cc1c(C(=O)O)cnn1-c1ccccc1.Cl.Cl. The molecule has 92 valence electrons. The average molecular weight is 275 g/mol. The molecule has 0 aliphatic rings. The Morgan fingerprint density at radius 3 is 2.29 bits per heavy atom. The maximum absolute atomic E-state index is 10.8. The summed E-state index contributed by atoms with van der Waals surface area (Å²) in [5.41, 5.74) is 1.73. The van der Waals surface area contributed by atoms with Gasteiger partial charge in [-0.05, 0) is 19.1 Å². The third-order valence-corrected chi connectivity index (χ3v) is 2.24. The Morgan fingerprint density at radius 1 is 1.24 bits per heavy atom. The predicted octanol–water partition coefficient (Wildman–Crippen LogP) is 2.72. The first-order chi connectivity index (χ1) is 7.20. The van der Waals surface area contributed by atoms with Gasteiger partial charge >= 0.3 is 5.97 Å². The van der Waals surface area contributed by atoms with E-state index in [4.69, 9.17) is 5.11 Å². The first-order valence-electron chi connectivity index (χ1n) is 4.53. The maximum atomic E-state index is 10.8. The second-order valence-electron chi connectivity index (χ2n) is 3.20. The van der Waals surface area contributed by atoms with Gasteiger partial charge in [0.05, 0.1) is 17.6 Å². The highest BCUT2D eigenvalue weighted by atomic mass is 35.5. The van der Waals surface area contributed by atoms with E-state index in [0.29, 0.717) is 5.69 Å². The van der Waals surface area contributed by atoms with Crippen LogP contribution >= 0.6 is 24.8 Å². The molecule has 2 rings (SSSR count). The lowest BCUT2D eigenvalue weighted by molar-refractivity contribution is 0.0696. The van der Waals surface area contributed by atoms with Gasteiger partial charge in [-0.2, -0.15) is 5.10 Å². The van der Waals surface area contributed by atoms with Crippen LogP contribution in [0.5, 0.6) is 0 Å². The first kappa shape index (κ1) is 15.5. The molecule has 1 aromatic carbocycles. The number of halogens is 2. The molecule has 1 aromatic heterocycles. The lowest BCUT2D eigenvalue weighted by Gasteiger charge is -2.03. The van der Waals surface area contributed by atoms with Gasteiger partial charge in [-0.1, -0.05) is 18.2 Å². The summed E-state index contributed by atoms with van der Waals surface area (Å²) >= 11 is 0. The highest BCUT2D eigenvalue weighted by molar-refractivity contribution is 5.88. The Morgan fingerprint density at radius 2 is 1.82 bits per heavy atom. The van der Waals surface area contributed by atoms with Crippen LogP contribution in [-0.2, 0) is 0 Å². The molecule has 4 nitrogen and oxygen atoms in total. The van der Waals surface area contributed by atoms with E-state index in [1.807, 2.05) is 30.3 Å². The molecular weight excluding hydrogens is 263 g/mol. The van der Waals surface area contributed by atoms with Gasteiger partial charge in [0.1, 0.15) is 5.56 Å². The van der Waals surface area contributed by atoms with Crippen molar-refractivity contribution in [1.82, 2.24) is 9.78 Å². The minimum absolute atomic E-state index is 0. The molecule has 0 saturated carbocycles. The molecule has 1 heterocycles. The smallest absolute Gasteiger partial charge is 0.339 e. The van der Waals surface area contributed by atoms with Crippen molar-refractivity contribution in [3.8, 4) is 5.69 Å². The molecule has 6 heteroatoms. The van der Waals surface area contributed by atoms with E-state index >= 15 is 0 Å². The minimum Gasteiger partial charge on any atom is -0.478 e. The van der Waals surface area contributed by atoms with E-state index in [9.17, 15) is 4.79 Å². The number of rotatable bonds is 2. The van der Waals surface area contributed by atoms with Crippen LogP contribution in [0.1, 0.15) is 16.1 Å². The number of para-hydroxylation sites is 1. The zero-order valence-electron chi connectivity index (χ0n) is 9.03. The Balaban J connectivity index is 0.00000128. The van der Waals surface area contributed by atoms with Crippen molar-refractivity contribution in [2.24, 2.45) is 0 Å². The zero-order chi connectivity index (χ0) is 10.8. The molecule has 0 radical (unpaired) electrons. The molecule has 0 aliphatic carbocycles. The Labute approximate surface area is 111 Å². The van der Waals surface area contributed by atoms with Crippen LogP contribution in [0, 0.1) is 6.92 Å². The van der Waals surface area contributed by atoms with Crippen molar-refractivity contribution < 1.29 is 9.90 Å². The van der Waals surface area contributed by atoms with Gasteiger partial charge in [0.25, 0.3) is 0 Å². The van der Waals surface area contributed by atoms with E-state index in [1.54, 1.807) is 11.6 Å². The van der Waals surface area contributed by atoms with Crippen LogP contribution in [0.15, 0.2) is 36.5 Å². The zero-order valence-corrected chi connectivity index (χ0v) is 10.7. The molecule has 0 fully saturated rings. The molecule has 1 N–H and O–H groups in total. The van der Waals surface area contributed by atoms with Gasteiger partial charge in [0.2, 0.25) is 0 Å². The van der Waals surface area contributed by atoms with Crippen LogP contribution in [0.25, 0.3) is 5.69 Å². The van der Waals surface area contributed by atoms with Crippen molar-refractivity contribution in [1.29, 1.82) is 0 Å². The van der Waals surface area contributed by atoms with Gasteiger partial charge in [-0.3, -0.25) is 0 Å². The minimum atomic E-state index is -0.949. The standard InChI is InChI=1S/C11H10N2O2.2ClH/c1-8-10(11(14)15)7-12-13(8)9-5-3-2-4-6-9;;/h2-7H,1H3,(H,14,15);2*1H. The number of aromatic nitrogens is 2. The average Bonchev–Trinajstić information content (AvgIpc) is 2.61. The summed E-state index contributed by atoms with van der Waals surface area (Å²) in [5, 5.41) is 12.9. The Hall–Kier alpha value is -1.52. The molecule has 0 aliphatic heterocycles. The summed E-state index contributed by atoms with van der Waals surface area (Å²) in [6, 6.07) is 9.44. The first-order valence-corrected chi connectivity index (χ1v) is 4.53. The molecule has 0 amide bonds. The van der Waals surface area contributed by atoms with Crippen molar-refractivity contribution >= 4 is 30.8 Å². The van der Waals surface area contributed by atoms with E-state index in [-0.39, 0.29) is 30.4 Å². The summed E-state index contributed by atoms with van der Waals surface area (Å²) in [6.45, 7) is 1.74. The number of hydrogen-bond donors (Lipinski definition) is 1. The van der Waals surface area contributed by atoms with Gasteiger partial charge in [-0.25, -0.2) is 9.48 Å². The van der Waals surface area contributed by atoms with Crippen LogP contribution in [-0.4, -0.2) is 20.9 Å². The lowest BCUT2D eigenvalue weighted by Crippen LogP contribution is -2.02. The van der Waals surface area contributed by atoms with Crippen molar-refractivity contribution in [2.75, 3.05) is 0 Å². The Bertz CT molecular complexity index is 497. The maximum Gasteiger partial charge on any atom is 0.339 e. The number of nitrogens with zero attached hydrogens (tertiary/aromatic N) is 2. The molecule has 0 saturated heterocycles. The third-order valence-electron chi connectivity index (χ3n) is 2.24. The van der Waals surface area contributed by atoms with Gasteiger partial charge < -0.3 is 5.11 Å². The molecule has 0 spiro atoms. The molecule has 2 aromatic rings. The molecule has 0 unspecified atom stereocenters. The number of carboxylic acids is 1. The Kier molecular flexibility index (Phi) is 5.71. The number of carboxylic acid groups (broad SMARTS) is 1. The fourth-order valence-corrected chi connectivity index (χ4v) is 1.45. The van der Waals surface area contributed by atoms with Crippen molar-refractivity contribution in [3.05, 3.63) is 47.8 Å². The van der Waals surface area contributed by atoms with E-state index in [1.165, 1.54) is 6.20 Å². The predicted molar refractivity (Wildman–Crippen MR) is 69.8 cm³/mol. The highest BCUT2D eigenvalue weighted by Gasteiger charge is 2.13. The van der Waals surface area contributed by atoms with Gasteiger partial charge in [0.15, 0.2) is 0 Å². The fraction of sp³-hybridized carbons (Fsp3) is 0.0909. The van der Waals surface area contributed by atoms with Crippen molar-refractivity contribution in [3.63, 3.8) is 0 Å². The van der Waals surface area contributed by atoms with Crippen LogP contribution in [0.2, 0.25) is 0 Å². The van der Waals surface area contributed by atoms with E-state index in [2.05, 4.69) is 5.10 Å². The normalized spacial score (nSPS) is 9.00. The second-order valence-corrected chi connectivity index (χ2v) is 3.20. The number of aromatic carboxylic acids is 1. The summed E-state index contributed by atoms with van der Waals surface area (Å²) in [5.74, 6) is -0.949. The summed E-state index contributed by atoms with van der Waals surface area (Å²) in [6.07, 6.45) is 1.37. The summed E-state index contributed by atoms with van der Waals surface area (Å²) in [7, 11) is 0. The van der Waals surface area contributed by atoms with Crippen LogP contribution in [0.4, 0.5) is 0 Å². The third kappa shape index (κ3) is 2.99. The summed E-state index contributed by atoms with van der Waals surface area (Å²) in [4.78, 5) is 10.8. The molecule has 0 atom stereocenters. The van der Waals surface area contributed by atoms with Crippen LogP contribution < -0.4 is 0 Å². The van der Waals surface area contributed by atoms with Gasteiger partial charge in [-0.15, -0.1) is 24.8 Å². The topological polar surface area (TPSA) is 55.1 Å². The van der Waals surface area contributed by atoms with E-state index in [0.717, 1.165) is 5.69 Å². The lowest BCUT2D eigenvalue weighted by atomic mass is 10.2. The highest BCUT2D eigenvalue weighted by Crippen LogP contribution is 2.13. The molecule has 17 heavy (non-hydrogen) atoms. The number of benzene rings is 1. The van der Waals surface area contributed by atoms with E-state index < -0.39 is 5.97 Å².